The lowest BCUT2D eigenvalue weighted by atomic mass is 10.2. The molecule has 3 aromatic rings. The summed E-state index contributed by atoms with van der Waals surface area (Å²) in [4.78, 5) is 12.4. The Balaban J connectivity index is 1.70. The van der Waals surface area contributed by atoms with Crippen molar-refractivity contribution >= 4 is 55.8 Å². The van der Waals surface area contributed by atoms with Crippen molar-refractivity contribution in [2.45, 2.75) is 15.0 Å². The number of sulfonamides is 1. The third-order valence-electron chi connectivity index (χ3n) is 3.78. The zero-order chi connectivity index (χ0) is 21.0. The fraction of sp³-hybridized carbons (Fsp3) is 0.167. The van der Waals surface area contributed by atoms with Gasteiger partial charge in [0.1, 0.15) is 4.90 Å². The molecule has 0 aliphatic heterocycles. The average molecular weight is 469 g/mol. The molecule has 0 atom stereocenters. The Morgan fingerprint density at radius 2 is 1.90 bits per heavy atom. The Morgan fingerprint density at radius 3 is 2.59 bits per heavy atom. The van der Waals surface area contributed by atoms with Crippen LogP contribution in [0.2, 0.25) is 5.02 Å². The van der Waals surface area contributed by atoms with Crippen LogP contribution in [-0.4, -0.2) is 42.9 Å². The molecule has 7 nitrogen and oxygen atoms in total. The van der Waals surface area contributed by atoms with Gasteiger partial charge in [-0.25, -0.2) is 12.7 Å². The van der Waals surface area contributed by atoms with Crippen molar-refractivity contribution in [1.82, 2.24) is 14.5 Å². The summed E-state index contributed by atoms with van der Waals surface area (Å²) in [6, 6.07) is 14.0. The SMILES string of the molecule is CN(C)S(=O)(=O)c1cc(C(=O)Nc2nnc(SCc3ccccc3)s2)ccc1Cl. The molecule has 0 saturated carbocycles. The average Bonchev–Trinajstić information content (AvgIpc) is 3.14. The number of halogens is 1. The van der Waals surface area contributed by atoms with Crippen LogP contribution >= 0.6 is 34.7 Å². The van der Waals surface area contributed by atoms with Crippen molar-refractivity contribution in [3.63, 3.8) is 0 Å². The number of carbonyl (C=O) groups excluding carboxylic acids is 1. The predicted octanol–water partition coefficient (Wildman–Crippen LogP) is 3.99. The molecule has 1 N–H and O–H groups in total. The highest BCUT2D eigenvalue weighted by Gasteiger charge is 2.22. The summed E-state index contributed by atoms with van der Waals surface area (Å²) >= 11 is 8.79. The number of benzene rings is 2. The highest BCUT2D eigenvalue weighted by Crippen LogP contribution is 2.29. The smallest absolute Gasteiger partial charge is 0.257 e. The van der Waals surface area contributed by atoms with Gasteiger partial charge in [-0.3, -0.25) is 10.1 Å². The third-order valence-corrected chi connectivity index (χ3v) is 8.12. The van der Waals surface area contributed by atoms with Crippen LogP contribution in [0.4, 0.5) is 5.13 Å². The van der Waals surface area contributed by atoms with Gasteiger partial charge < -0.3 is 0 Å². The summed E-state index contributed by atoms with van der Waals surface area (Å²) < 4.78 is 26.5. The van der Waals surface area contributed by atoms with Gasteiger partial charge in [0.15, 0.2) is 4.34 Å². The largest absolute Gasteiger partial charge is 0.296 e. The Morgan fingerprint density at radius 1 is 1.17 bits per heavy atom. The van der Waals surface area contributed by atoms with Gasteiger partial charge in [-0.05, 0) is 23.8 Å². The quantitative estimate of drug-likeness (QED) is 0.416. The highest BCUT2D eigenvalue weighted by molar-refractivity contribution is 8.00. The van der Waals surface area contributed by atoms with E-state index in [2.05, 4.69) is 15.5 Å². The minimum absolute atomic E-state index is 0.0470. The van der Waals surface area contributed by atoms with Crippen molar-refractivity contribution in [2.75, 3.05) is 19.4 Å². The molecule has 29 heavy (non-hydrogen) atoms. The van der Waals surface area contributed by atoms with Gasteiger partial charge in [0.2, 0.25) is 15.2 Å². The normalized spacial score (nSPS) is 11.6. The van der Waals surface area contributed by atoms with Crippen LogP contribution in [0.3, 0.4) is 0 Å². The fourth-order valence-corrected chi connectivity index (χ4v) is 5.34. The van der Waals surface area contributed by atoms with Gasteiger partial charge in [-0.15, -0.1) is 10.2 Å². The third kappa shape index (κ3) is 5.34. The molecule has 152 valence electrons. The van der Waals surface area contributed by atoms with Crippen molar-refractivity contribution in [3.8, 4) is 0 Å². The van der Waals surface area contributed by atoms with Gasteiger partial charge in [-0.2, -0.15) is 0 Å². The maximum absolute atomic E-state index is 12.5. The van der Waals surface area contributed by atoms with Crippen molar-refractivity contribution in [3.05, 3.63) is 64.7 Å². The molecule has 1 aromatic heterocycles. The molecular formula is C18H17ClN4O3S3. The number of thioether (sulfide) groups is 1. The Labute approximate surface area is 182 Å². The van der Waals surface area contributed by atoms with Gasteiger partial charge in [0.25, 0.3) is 5.91 Å². The van der Waals surface area contributed by atoms with E-state index in [0.29, 0.717) is 5.13 Å². The van der Waals surface area contributed by atoms with E-state index in [1.807, 2.05) is 30.3 Å². The number of hydrogen-bond donors (Lipinski definition) is 1. The molecule has 0 spiro atoms. The topological polar surface area (TPSA) is 92.3 Å². The second-order valence-corrected chi connectivity index (χ2v) is 10.8. The Bertz CT molecular complexity index is 1120. The summed E-state index contributed by atoms with van der Waals surface area (Å²) in [5.41, 5.74) is 1.32. The van der Waals surface area contributed by atoms with Crippen molar-refractivity contribution < 1.29 is 13.2 Å². The number of nitrogens with one attached hydrogen (secondary N) is 1. The minimum atomic E-state index is -3.77. The van der Waals surface area contributed by atoms with Crippen LogP contribution in [0.25, 0.3) is 0 Å². The first-order valence-electron chi connectivity index (χ1n) is 8.31. The number of nitrogens with zero attached hydrogens (tertiary/aromatic N) is 3. The Kier molecular flexibility index (Phi) is 6.91. The molecule has 1 amide bonds. The second kappa shape index (κ2) is 9.23. The monoisotopic (exact) mass is 468 g/mol. The molecule has 11 heteroatoms. The minimum Gasteiger partial charge on any atom is -0.296 e. The molecule has 0 fully saturated rings. The molecule has 2 aromatic carbocycles. The molecule has 0 bridgehead atoms. The van der Waals surface area contributed by atoms with Crippen LogP contribution in [-0.2, 0) is 15.8 Å². The van der Waals surface area contributed by atoms with Crippen LogP contribution in [0.1, 0.15) is 15.9 Å². The van der Waals surface area contributed by atoms with Gasteiger partial charge in [0, 0.05) is 25.4 Å². The molecule has 0 unspecified atom stereocenters. The van der Waals surface area contributed by atoms with Gasteiger partial charge in [-0.1, -0.05) is 65.0 Å². The van der Waals surface area contributed by atoms with E-state index in [-0.39, 0.29) is 15.5 Å². The Hall–Kier alpha value is -1.98. The van der Waals surface area contributed by atoms with Crippen LogP contribution in [0, 0.1) is 0 Å². The molecule has 3 rings (SSSR count). The first-order chi connectivity index (χ1) is 13.8. The number of carbonyl (C=O) groups is 1. The maximum atomic E-state index is 12.5. The van der Waals surface area contributed by atoms with Crippen LogP contribution in [0.5, 0.6) is 0 Å². The van der Waals surface area contributed by atoms with E-state index in [0.717, 1.165) is 20.0 Å². The maximum Gasteiger partial charge on any atom is 0.257 e. The summed E-state index contributed by atoms with van der Waals surface area (Å²) in [6.45, 7) is 0. The molecule has 0 aliphatic rings. The highest BCUT2D eigenvalue weighted by atomic mass is 35.5. The van der Waals surface area contributed by atoms with Crippen molar-refractivity contribution in [1.29, 1.82) is 0 Å². The molecule has 0 radical (unpaired) electrons. The summed E-state index contributed by atoms with van der Waals surface area (Å²) in [6.07, 6.45) is 0. The number of anilines is 1. The van der Waals surface area contributed by atoms with E-state index in [1.54, 1.807) is 0 Å². The molecule has 1 heterocycles. The summed E-state index contributed by atoms with van der Waals surface area (Å²) in [5, 5.41) is 11.1. The zero-order valence-electron chi connectivity index (χ0n) is 15.5. The van der Waals surface area contributed by atoms with E-state index >= 15 is 0 Å². The number of hydrogen-bond acceptors (Lipinski definition) is 7. The summed E-state index contributed by atoms with van der Waals surface area (Å²) in [5.74, 6) is 0.249. The summed E-state index contributed by atoms with van der Waals surface area (Å²) in [7, 11) is -0.979. The lowest BCUT2D eigenvalue weighted by Gasteiger charge is -2.13. The molecule has 0 saturated heterocycles. The van der Waals surface area contributed by atoms with E-state index in [9.17, 15) is 13.2 Å². The van der Waals surface area contributed by atoms with E-state index in [4.69, 9.17) is 11.6 Å². The number of amides is 1. The van der Waals surface area contributed by atoms with Gasteiger partial charge >= 0.3 is 0 Å². The molecular weight excluding hydrogens is 452 g/mol. The predicted molar refractivity (Wildman–Crippen MR) is 116 cm³/mol. The lowest BCUT2D eigenvalue weighted by molar-refractivity contribution is 0.102. The second-order valence-electron chi connectivity index (χ2n) is 6.03. The number of rotatable bonds is 7. The number of aromatic nitrogens is 2. The molecule has 0 aliphatic carbocycles. The van der Waals surface area contributed by atoms with Crippen LogP contribution < -0.4 is 5.32 Å². The van der Waals surface area contributed by atoms with Crippen molar-refractivity contribution in [2.24, 2.45) is 0 Å². The van der Waals surface area contributed by atoms with E-state index < -0.39 is 15.9 Å². The first-order valence-corrected chi connectivity index (χ1v) is 11.9. The van der Waals surface area contributed by atoms with Gasteiger partial charge in [0.05, 0.1) is 5.02 Å². The zero-order valence-corrected chi connectivity index (χ0v) is 18.7. The van der Waals surface area contributed by atoms with E-state index in [1.165, 1.54) is 55.4 Å². The first kappa shape index (κ1) is 21.7. The fourth-order valence-electron chi connectivity index (χ4n) is 2.25. The standard InChI is InChI=1S/C18H17ClN4O3S3/c1-23(2)29(25,26)15-10-13(8-9-14(15)19)16(24)20-17-21-22-18(28-17)27-11-12-6-4-3-5-7-12/h3-10H,11H2,1-2H3,(H,20,21,24). The lowest BCUT2D eigenvalue weighted by Crippen LogP contribution is -2.23. The van der Waals surface area contributed by atoms with Crippen LogP contribution in [0.15, 0.2) is 57.8 Å².